The minimum absolute atomic E-state index is 0.00163. The zero-order chi connectivity index (χ0) is 10.4. The van der Waals surface area contributed by atoms with Crippen molar-refractivity contribution in [1.82, 2.24) is 0 Å². The van der Waals surface area contributed by atoms with Gasteiger partial charge in [-0.3, -0.25) is 4.79 Å². The number of ether oxygens (including phenoxy) is 1. The van der Waals surface area contributed by atoms with E-state index in [0.717, 1.165) is 4.90 Å². The second-order valence-corrected chi connectivity index (χ2v) is 3.77. The smallest absolute Gasteiger partial charge is 0.168 e. The van der Waals surface area contributed by atoms with E-state index in [0.29, 0.717) is 5.75 Å². The summed E-state index contributed by atoms with van der Waals surface area (Å²) in [6, 6.07) is 6.18. The van der Waals surface area contributed by atoms with Gasteiger partial charge in [0.15, 0.2) is 5.78 Å². The molecule has 0 saturated carbocycles. The highest BCUT2D eigenvalue weighted by atomic mass is 32.2. The molecule has 2 nitrogen and oxygen atoms in total. The minimum atomic E-state index is -0.283. The molecule has 76 valence electrons. The van der Waals surface area contributed by atoms with Gasteiger partial charge in [0.25, 0.3) is 0 Å². The lowest BCUT2D eigenvalue weighted by Gasteiger charge is -2.00. The minimum Gasteiger partial charge on any atom is -0.377 e. The van der Waals surface area contributed by atoms with Gasteiger partial charge in [0.2, 0.25) is 0 Å². The molecule has 0 fully saturated rings. The lowest BCUT2D eigenvalue weighted by atomic mass is 10.4. The van der Waals surface area contributed by atoms with Crippen molar-refractivity contribution in [1.29, 1.82) is 0 Å². The number of ketones is 1. The van der Waals surface area contributed by atoms with Gasteiger partial charge < -0.3 is 4.74 Å². The molecule has 0 N–H and O–H groups in total. The zero-order valence-corrected chi connectivity index (χ0v) is 8.64. The Hall–Kier alpha value is -0.870. The lowest BCUT2D eigenvalue weighted by molar-refractivity contribution is -0.120. The Morgan fingerprint density at radius 2 is 2.36 bits per heavy atom. The first-order valence-electron chi connectivity index (χ1n) is 4.11. The fourth-order valence-corrected chi connectivity index (χ4v) is 1.70. The molecule has 14 heavy (non-hydrogen) atoms. The Balaban J connectivity index is 2.41. The molecule has 1 aromatic carbocycles. The molecule has 0 bridgehead atoms. The summed E-state index contributed by atoms with van der Waals surface area (Å²) < 4.78 is 17.4. The highest BCUT2D eigenvalue weighted by Gasteiger charge is 2.02. The molecule has 0 heterocycles. The summed E-state index contributed by atoms with van der Waals surface area (Å²) in [5.41, 5.74) is 0. The first-order chi connectivity index (χ1) is 6.72. The number of rotatable bonds is 5. The maximum Gasteiger partial charge on any atom is 0.168 e. The third-order valence-electron chi connectivity index (χ3n) is 1.50. The fourth-order valence-electron chi connectivity index (χ4n) is 0.923. The third kappa shape index (κ3) is 3.89. The molecule has 0 aliphatic carbocycles. The Bertz CT molecular complexity index is 315. The van der Waals surface area contributed by atoms with Crippen LogP contribution in [0.1, 0.15) is 0 Å². The molecule has 0 aliphatic heterocycles. The summed E-state index contributed by atoms with van der Waals surface area (Å²) >= 11 is 1.31. The number of benzene rings is 1. The van der Waals surface area contributed by atoms with Crippen LogP contribution >= 0.6 is 11.8 Å². The quantitative estimate of drug-likeness (QED) is 0.702. The van der Waals surface area contributed by atoms with E-state index in [1.54, 1.807) is 12.1 Å². The molecule has 0 unspecified atom stereocenters. The average molecular weight is 214 g/mol. The van der Waals surface area contributed by atoms with Gasteiger partial charge in [-0.15, -0.1) is 11.8 Å². The molecule has 0 aliphatic rings. The highest BCUT2D eigenvalue weighted by molar-refractivity contribution is 8.00. The van der Waals surface area contributed by atoms with E-state index < -0.39 is 0 Å². The van der Waals surface area contributed by atoms with E-state index in [1.165, 1.54) is 31.0 Å². The second-order valence-electron chi connectivity index (χ2n) is 2.72. The fraction of sp³-hybridized carbons (Fsp3) is 0.300. The van der Waals surface area contributed by atoms with Gasteiger partial charge in [0.05, 0.1) is 5.75 Å². The van der Waals surface area contributed by atoms with Gasteiger partial charge in [-0.2, -0.15) is 0 Å². The molecule has 1 aromatic rings. The first-order valence-corrected chi connectivity index (χ1v) is 5.10. The largest absolute Gasteiger partial charge is 0.377 e. The lowest BCUT2D eigenvalue weighted by Crippen LogP contribution is -2.08. The van der Waals surface area contributed by atoms with Crippen LogP contribution in [0, 0.1) is 5.82 Å². The summed E-state index contributed by atoms with van der Waals surface area (Å²) in [6.45, 7) is 0.113. The van der Waals surface area contributed by atoms with Gasteiger partial charge in [0.1, 0.15) is 12.4 Å². The molecule has 0 saturated heterocycles. The predicted molar refractivity (Wildman–Crippen MR) is 54.0 cm³/mol. The van der Waals surface area contributed by atoms with E-state index in [4.69, 9.17) is 0 Å². The zero-order valence-electron chi connectivity index (χ0n) is 7.83. The predicted octanol–water partition coefficient (Wildman–Crippen LogP) is 2.13. The Morgan fingerprint density at radius 3 is 3.00 bits per heavy atom. The van der Waals surface area contributed by atoms with Crippen molar-refractivity contribution in [2.24, 2.45) is 0 Å². The molecule has 0 radical (unpaired) electrons. The maximum absolute atomic E-state index is 12.7. The molecule has 0 aromatic heterocycles. The van der Waals surface area contributed by atoms with Crippen molar-refractivity contribution in [2.45, 2.75) is 4.90 Å². The number of halogens is 1. The summed E-state index contributed by atoms with van der Waals surface area (Å²) in [6.07, 6.45) is 0. The van der Waals surface area contributed by atoms with Crippen LogP contribution in [-0.4, -0.2) is 25.3 Å². The molecular weight excluding hydrogens is 203 g/mol. The number of hydrogen-bond acceptors (Lipinski definition) is 3. The number of Topliss-reactive ketones (excluding diaryl/α,β-unsaturated/α-hetero) is 1. The SMILES string of the molecule is COCC(=O)CSc1cccc(F)c1. The maximum atomic E-state index is 12.7. The van der Waals surface area contributed by atoms with Crippen molar-refractivity contribution in [3.63, 3.8) is 0 Å². The van der Waals surface area contributed by atoms with Gasteiger partial charge in [-0.1, -0.05) is 6.07 Å². The van der Waals surface area contributed by atoms with Crippen LogP contribution in [0.5, 0.6) is 0 Å². The molecule has 0 amide bonds. The number of hydrogen-bond donors (Lipinski definition) is 0. The van der Waals surface area contributed by atoms with Crippen molar-refractivity contribution >= 4 is 17.5 Å². The van der Waals surface area contributed by atoms with Gasteiger partial charge in [0, 0.05) is 12.0 Å². The molecule has 4 heteroatoms. The summed E-state index contributed by atoms with van der Waals surface area (Å²) in [4.78, 5) is 11.8. The second kappa shape index (κ2) is 5.78. The molecule has 0 spiro atoms. The number of carbonyl (C=O) groups is 1. The summed E-state index contributed by atoms with van der Waals surface area (Å²) in [7, 11) is 1.48. The Kier molecular flexibility index (Phi) is 4.62. The Labute approximate surface area is 86.5 Å². The normalized spacial score (nSPS) is 10.1. The van der Waals surface area contributed by atoms with Crippen LogP contribution in [0.4, 0.5) is 4.39 Å². The van der Waals surface area contributed by atoms with Gasteiger partial charge in [-0.05, 0) is 18.2 Å². The van der Waals surface area contributed by atoms with Crippen LogP contribution in [0.25, 0.3) is 0 Å². The number of thioether (sulfide) groups is 1. The van der Waals surface area contributed by atoms with Crippen LogP contribution < -0.4 is 0 Å². The molecular formula is C10H11FO2S. The van der Waals surface area contributed by atoms with E-state index in [1.807, 2.05) is 0 Å². The highest BCUT2D eigenvalue weighted by Crippen LogP contribution is 2.18. The average Bonchev–Trinajstić information content (AvgIpc) is 2.15. The van der Waals surface area contributed by atoms with Crippen molar-refractivity contribution in [3.05, 3.63) is 30.1 Å². The topological polar surface area (TPSA) is 26.3 Å². The van der Waals surface area contributed by atoms with Crippen LogP contribution in [0.3, 0.4) is 0 Å². The van der Waals surface area contributed by atoms with Crippen LogP contribution in [0.2, 0.25) is 0 Å². The number of carbonyl (C=O) groups excluding carboxylic acids is 1. The third-order valence-corrected chi connectivity index (χ3v) is 2.55. The monoisotopic (exact) mass is 214 g/mol. The van der Waals surface area contributed by atoms with Gasteiger partial charge in [-0.25, -0.2) is 4.39 Å². The van der Waals surface area contributed by atoms with Crippen LogP contribution in [-0.2, 0) is 9.53 Å². The Morgan fingerprint density at radius 1 is 1.57 bits per heavy atom. The van der Waals surface area contributed by atoms with E-state index >= 15 is 0 Å². The van der Waals surface area contributed by atoms with Crippen molar-refractivity contribution in [2.75, 3.05) is 19.5 Å². The van der Waals surface area contributed by atoms with E-state index in [-0.39, 0.29) is 18.2 Å². The standard InChI is InChI=1S/C10H11FO2S/c1-13-6-9(12)7-14-10-4-2-3-8(11)5-10/h2-5H,6-7H2,1H3. The summed E-state index contributed by atoms with van der Waals surface area (Å²) in [5.74, 6) is 0.0352. The summed E-state index contributed by atoms with van der Waals surface area (Å²) in [5, 5.41) is 0. The number of methoxy groups -OCH3 is 1. The molecule has 1 rings (SSSR count). The first kappa shape index (κ1) is 11.2. The van der Waals surface area contributed by atoms with Crippen molar-refractivity contribution < 1.29 is 13.9 Å². The van der Waals surface area contributed by atoms with E-state index in [9.17, 15) is 9.18 Å². The van der Waals surface area contributed by atoms with Crippen LogP contribution in [0.15, 0.2) is 29.2 Å². The van der Waals surface area contributed by atoms with Crippen molar-refractivity contribution in [3.8, 4) is 0 Å². The molecule has 0 atom stereocenters. The van der Waals surface area contributed by atoms with Gasteiger partial charge >= 0.3 is 0 Å². The van der Waals surface area contributed by atoms with E-state index in [2.05, 4.69) is 4.74 Å².